The summed E-state index contributed by atoms with van der Waals surface area (Å²) in [5.74, 6) is 0.289. The second-order valence-electron chi connectivity index (χ2n) is 3.80. The predicted octanol–water partition coefficient (Wildman–Crippen LogP) is 4.84. The topological polar surface area (TPSA) is 26.3 Å². The maximum Gasteiger partial charge on any atom is 0.194 e. The van der Waals surface area contributed by atoms with Crippen LogP contribution in [0.2, 0.25) is 10.0 Å². The van der Waals surface area contributed by atoms with Crippen LogP contribution in [0.4, 0.5) is 0 Å². The van der Waals surface area contributed by atoms with Crippen molar-refractivity contribution in [3.05, 3.63) is 61.1 Å². The summed E-state index contributed by atoms with van der Waals surface area (Å²) in [5, 5.41) is 0.686. The van der Waals surface area contributed by atoms with E-state index in [2.05, 4.69) is 22.6 Å². The Balaban J connectivity index is 2.44. The first-order valence-electron chi connectivity index (χ1n) is 5.36. The standard InChI is InChI=1S/C14H9Cl2IO2/c1-19-13-7-11(15)10(6-12(13)16)14(18)8-2-4-9(17)5-3-8/h2-7H,1H3. The van der Waals surface area contributed by atoms with Crippen LogP contribution in [-0.4, -0.2) is 12.9 Å². The number of halogens is 3. The number of ketones is 1. The van der Waals surface area contributed by atoms with Gasteiger partial charge >= 0.3 is 0 Å². The molecule has 0 aromatic heterocycles. The molecule has 2 rings (SSSR count). The van der Waals surface area contributed by atoms with Gasteiger partial charge in [0.2, 0.25) is 0 Å². The van der Waals surface area contributed by atoms with Crippen LogP contribution in [0, 0.1) is 3.57 Å². The van der Waals surface area contributed by atoms with Gasteiger partial charge in [-0.3, -0.25) is 4.79 Å². The van der Waals surface area contributed by atoms with Crippen LogP contribution < -0.4 is 4.74 Å². The fraction of sp³-hybridized carbons (Fsp3) is 0.0714. The first-order chi connectivity index (χ1) is 9.02. The molecule has 5 heteroatoms. The van der Waals surface area contributed by atoms with Gasteiger partial charge in [-0.1, -0.05) is 23.2 Å². The van der Waals surface area contributed by atoms with Crippen molar-refractivity contribution in [2.24, 2.45) is 0 Å². The molecule has 0 atom stereocenters. The highest BCUT2D eigenvalue weighted by atomic mass is 127. The zero-order valence-electron chi connectivity index (χ0n) is 9.91. The van der Waals surface area contributed by atoms with Crippen LogP contribution in [0.3, 0.4) is 0 Å². The molecule has 0 unspecified atom stereocenters. The Morgan fingerprint density at radius 3 is 2.32 bits per heavy atom. The molecule has 98 valence electrons. The van der Waals surface area contributed by atoms with E-state index in [0.29, 0.717) is 26.9 Å². The van der Waals surface area contributed by atoms with Crippen LogP contribution >= 0.6 is 45.8 Å². The van der Waals surface area contributed by atoms with E-state index in [9.17, 15) is 4.79 Å². The summed E-state index contributed by atoms with van der Waals surface area (Å²) >= 11 is 14.3. The molecule has 0 aliphatic rings. The van der Waals surface area contributed by atoms with E-state index in [-0.39, 0.29) is 5.78 Å². The van der Waals surface area contributed by atoms with Gasteiger partial charge in [0.15, 0.2) is 5.78 Å². The van der Waals surface area contributed by atoms with Crippen molar-refractivity contribution >= 4 is 51.6 Å². The molecule has 2 aromatic rings. The average molecular weight is 407 g/mol. The Kier molecular flexibility index (Phi) is 4.71. The number of hydrogen-bond donors (Lipinski definition) is 0. The Morgan fingerprint density at radius 2 is 1.74 bits per heavy atom. The quantitative estimate of drug-likeness (QED) is 0.538. The number of methoxy groups -OCH3 is 1. The fourth-order valence-electron chi connectivity index (χ4n) is 1.62. The van der Waals surface area contributed by atoms with E-state index in [4.69, 9.17) is 27.9 Å². The van der Waals surface area contributed by atoms with Gasteiger partial charge in [-0.15, -0.1) is 0 Å². The van der Waals surface area contributed by atoms with E-state index in [1.165, 1.54) is 13.2 Å². The summed E-state index contributed by atoms with van der Waals surface area (Å²) in [6.07, 6.45) is 0. The molecule has 0 heterocycles. The first-order valence-corrected chi connectivity index (χ1v) is 7.19. The van der Waals surface area contributed by atoms with Crippen molar-refractivity contribution in [2.75, 3.05) is 7.11 Å². The van der Waals surface area contributed by atoms with E-state index in [0.717, 1.165) is 3.57 Å². The molecule has 0 saturated heterocycles. The van der Waals surface area contributed by atoms with Gasteiger partial charge in [-0.05, 0) is 52.9 Å². The number of carbonyl (C=O) groups is 1. The smallest absolute Gasteiger partial charge is 0.194 e. The minimum absolute atomic E-state index is 0.161. The van der Waals surface area contributed by atoms with Gasteiger partial charge in [-0.2, -0.15) is 0 Å². The highest BCUT2D eigenvalue weighted by molar-refractivity contribution is 14.1. The molecule has 0 radical (unpaired) electrons. The normalized spacial score (nSPS) is 10.3. The van der Waals surface area contributed by atoms with Crippen LogP contribution in [0.15, 0.2) is 36.4 Å². The number of rotatable bonds is 3. The summed E-state index contributed by atoms with van der Waals surface area (Å²) in [5.41, 5.74) is 0.942. The van der Waals surface area contributed by atoms with Gasteiger partial charge in [0.1, 0.15) is 5.75 Å². The van der Waals surface area contributed by atoms with Crippen LogP contribution in [0.25, 0.3) is 0 Å². The Morgan fingerprint density at radius 1 is 1.11 bits per heavy atom. The molecule has 0 aliphatic heterocycles. The van der Waals surface area contributed by atoms with Crippen molar-refractivity contribution in [1.29, 1.82) is 0 Å². The second-order valence-corrected chi connectivity index (χ2v) is 5.86. The lowest BCUT2D eigenvalue weighted by Crippen LogP contribution is -2.02. The van der Waals surface area contributed by atoms with Gasteiger partial charge < -0.3 is 4.74 Å². The Bertz CT molecular complexity index is 624. The van der Waals surface area contributed by atoms with Crippen LogP contribution in [0.5, 0.6) is 5.75 Å². The average Bonchev–Trinajstić information content (AvgIpc) is 2.41. The summed E-state index contributed by atoms with van der Waals surface area (Å²) in [6, 6.07) is 10.3. The summed E-state index contributed by atoms with van der Waals surface area (Å²) in [4.78, 5) is 12.3. The fourth-order valence-corrected chi connectivity index (χ4v) is 2.46. The molecule has 0 amide bonds. The lowest BCUT2D eigenvalue weighted by Gasteiger charge is -2.08. The first kappa shape index (κ1) is 14.6. The molecule has 0 saturated carbocycles. The number of benzene rings is 2. The number of hydrogen-bond acceptors (Lipinski definition) is 2. The minimum Gasteiger partial charge on any atom is -0.495 e. The molecule has 0 aliphatic carbocycles. The zero-order chi connectivity index (χ0) is 14.0. The van der Waals surface area contributed by atoms with Crippen molar-refractivity contribution in [1.82, 2.24) is 0 Å². The summed E-state index contributed by atoms with van der Waals surface area (Å²) < 4.78 is 6.12. The monoisotopic (exact) mass is 406 g/mol. The third kappa shape index (κ3) is 3.22. The molecule has 2 aromatic carbocycles. The maximum absolute atomic E-state index is 12.3. The summed E-state index contributed by atoms with van der Waals surface area (Å²) in [7, 11) is 1.50. The molecule has 2 nitrogen and oxygen atoms in total. The molecule has 0 bridgehead atoms. The van der Waals surface area contributed by atoms with Gasteiger partial charge in [0.25, 0.3) is 0 Å². The lowest BCUT2D eigenvalue weighted by atomic mass is 10.0. The van der Waals surface area contributed by atoms with Gasteiger partial charge in [0, 0.05) is 20.8 Å². The predicted molar refractivity (Wildman–Crippen MR) is 85.6 cm³/mol. The van der Waals surface area contributed by atoms with Gasteiger partial charge in [0.05, 0.1) is 17.2 Å². The van der Waals surface area contributed by atoms with Gasteiger partial charge in [-0.25, -0.2) is 0 Å². The molecular formula is C14H9Cl2IO2. The van der Waals surface area contributed by atoms with Crippen molar-refractivity contribution in [2.45, 2.75) is 0 Å². The third-order valence-electron chi connectivity index (χ3n) is 2.59. The molecule has 0 N–H and O–H groups in total. The molecule has 0 spiro atoms. The molecule has 19 heavy (non-hydrogen) atoms. The van der Waals surface area contributed by atoms with E-state index < -0.39 is 0 Å². The highest BCUT2D eigenvalue weighted by Crippen LogP contribution is 2.32. The van der Waals surface area contributed by atoms with Crippen LogP contribution in [-0.2, 0) is 0 Å². The zero-order valence-corrected chi connectivity index (χ0v) is 13.6. The second kappa shape index (κ2) is 6.11. The van der Waals surface area contributed by atoms with Crippen molar-refractivity contribution in [3.63, 3.8) is 0 Å². The van der Waals surface area contributed by atoms with E-state index in [1.807, 2.05) is 12.1 Å². The molecule has 0 fully saturated rings. The number of carbonyl (C=O) groups excluding carboxylic acids is 1. The highest BCUT2D eigenvalue weighted by Gasteiger charge is 2.16. The van der Waals surface area contributed by atoms with E-state index >= 15 is 0 Å². The number of ether oxygens (including phenoxy) is 1. The molecular weight excluding hydrogens is 398 g/mol. The largest absolute Gasteiger partial charge is 0.495 e. The van der Waals surface area contributed by atoms with E-state index in [1.54, 1.807) is 18.2 Å². The van der Waals surface area contributed by atoms with Crippen molar-refractivity contribution < 1.29 is 9.53 Å². The van der Waals surface area contributed by atoms with Crippen LogP contribution in [0.1, 0.15) is 15.9 Å². The Labute approximate surface area is 134 Å². The summed E-state index contributed by atoms with van der Waals surface area (Å²) in [6.45, 7) is 0. The SMILES string of the molecule is COc1cc(Cl)c(C(=O)c2ccc(I)cc2)cc1Cl. The maximum atomic E-state index is 12.3. The van der Waals surface area contributed by atoms with Crippen molar-refractivity contribution in [3.8, 4) is 5.75 Å². The Hall–Kier alpha value is -0.780. The minimum atomic E-state index is -0.161. The lowest BCUT2D eigenvalue weighted by molar-refractivity contribution is 0.103. The third-order valence-corrected chi connectivity index (χ3v) is 3.92.